The molecule has 0 radical (unpaired) electrons. The molecular formula is C31H27F4N7O4. The Morgan fingerprint density at radius 1 is 1.20 bits per heavy atom. The third kappa shape index (κ3) is 4.64. The van der Waals surface area contributed by atoms with Crippen LogP contribution >= 0.6 is 0 Å². The maximum absolute atomic E-state index is 15.1. The van der Waals surface area contributed by atoms with Crippen LogP contribution in [-0.4, -0.2) is 67.2 Å². The summed E-state index contributed by atoms with van der Waals surface area (Å²) in [7, 11) is 3.19. The van der Waals surface area contributed by atoms with Crippen molar-refractivity contribution in [3.8, 4) is 22.8 Å². The lowest BCUT2D eigenvalue weighted by molar-refractivity contribution is -0.205. The predicted molar refractivity (Wildman–Crippen MR) is 154 cm³/mol. The summed E-state index contributed by atoms with van der Waals surface area (Å²) in [5.41, 5.74) is -4.06. The second-order valence-electron chi connectivity index (χ2n) is 11.5. The first-order valence-electron chi connectivity index (χ1n) is 14.3. The van der Waals surface area contributed by atoms with Crippen LogP contribution in [0, 0.1) is 11.7 Å². The van der Waals surface area contributed by atoms with Crippen LogP contribution in [-0.2, 0) is 18.2 Å². The van der Waals surface area contributed by atoms with Crippen LogP contribution < -0.4 is 14.8 Å². The highest BCUT2D eigenvalue weighted by atomic mass is 19.4. The number of halogens is 4. The lowest BCUT2D eigenvalue weighted by Gasteiger charge is -2.32. The molecule has 2 aromatic carbocycles. The lowest BCUT2D eigenvalue weighted by Crippen LogP contribution is -2.50. The lowest BCUT2D eigenvalue weighted by atomic mass is 9.85. The number of nitrogens with zero attached hydrogens (tertiary/aromatic N) is 6. The maximum atomic E-state index is 15.1. The van der Waals surface area contributed by atoms with Crippen molar-refractivity contribution in [2.75, 3.05) is 20.3 Å². The Bertz CT molecular complexity index is 1960. The number of carbonyl (C=O) groups excluding carboxylic acids is 1. The maximum Gasteiger partial charge on any atom is 0.421 e. The highest BCUT2D eigenvalue weighted by molar-refractivity contribution is 5.99. The summed E-state index contributed by atoms with van der Waals surface area (Å²) in [4.78, 5) is 18.1. The number of fused-ring (bicyclic) bond motifs is 2. The Morgan fingerprint density at radius 2 is 1.96 bits per heavy atom. The van der Waals surface area contributed by atoms with Gasteiger partial charge in [0.2, 0.25) is 5.54 Å². The van der Waals surface area contributed by atoms with Gasteiger partial charge in [0, 0.05) is 41.5 Å². The Hall–Kier alpha value is -5.05. The van der Waals surface area contributed by atoms with Gasteiger partial charge in [0.1, 0.15) is 35.0 Å². The number of pyridine rings is 1. The van der Waals surface area contributed by atoms with E-state index >= 15 is 13.2 Å². The number of amides is 1. The molecule has 0 spiro atoms. The normalized spacial score (nSPS) is 19.0. The second kappa shape index (κ2) is 10.5. The molecule has 0 saturated heterocycles. The van der Waals surface area contributed by atoms with Crippen molar-refractivity contribution in [1.29, 1.82) is 0 Å². The number of carbonyl (C=O) groups is 1. The summed E-state index contributed by atoms with van der Waals surface area (Å²) < 4.78 is 72.5. The van der Waals surface area contributed by atoms with Gasteiger partial charge in [-0.2, -0.15) is 18.3 Å². The minimum absolute atomic E-state index is 0.0177. The van der Waals surface area contributed by atoms with Crippen LogP contribution in [0.3, 0.4) is 0 Å². The van der Waals surface area contributed by atoms with Gasteiger partial charge in [0.15, 0.2) is 5.75 Å². The molecule has 2 N–H and O–H groups in total. The van der Waals surface area contributed by atoms with Crippen molar-refractivity contribution in [2.24, 2.45) is 13.0 Å². The van der Waals surface area contributed by atoms with Crippen LogP contribution in [0.2, 0.25) is 0 Å². The molecule has 0 bridgehead atoms. The monoisotopic (exact) mass is 637 g/mol. The van der Waals surface area contributed by atoms with Crippen molar-refractivity contribution in [1.82, 2.24) is 35.1 Å². The average molecular weight is 638 g/mol. The van der Waals surface area contributed by atoms with Crippen LogP contribution in [0.1, 0.15) is 34.5 Å². The average Bonchev–Trinajstić information content (AvgIpc) is 3.40. The molecule has 15 heteroatoms. The predicted octanol–water partition coefficient (Wildman–Crippen LogP) is 4.10. The van der Waals surface area contributed by atoms with E-state index in [1.807, 2.05) is 0 Å². The molecule has 1 amide bonds. The highest BCUT2D eigenvalue weighted by Crippen LogP contribution is 2.54. The zero-order valence-electron chi connectivity index (χ0n) is 24.5. The summed E-state index contributed by atoms with van der Waals surface area (Å²) >= 11 is 0. The number of methoxy groups -OCH3 is 1. The zero-order chi connectivity index (χ0) is 32.4. The largest absolute Gasteiger partial charge is 0.494 e. The standard InChI is InChI=1S/C31H27F4N7O4/c1-41-14-19-11-18(12-23(45-2)25(19)39-41)28(43)36-15-29(44,20-5-6-20)24-13-22-27(26(38-24)17-3-7-21(32)8-4-17)46-16-30(22,31(33,34)35)42-10-9-37-40-42/h3-4,7-14,20,44H,5-6,15-16H2,1-2H3,(H,36,43)/t29?,30-/m0/s1. The van der Waals surface area contributed by atoms with Gasteiger partial charge in [-0.1, -0.05) is 5.21 Å². The Kier molecular flexibility index (Phi) is 6.77. The second-order valence-corrected chi connectivity index (χ2v) is 11.5. The first-order valence-corrected chi connectivity index (χ1v) is 14.3. The highest BCUT2D eigenvalue weighted by Gasteiger charge is 2.64. The molecule has 1 unspecified atom stereocenters. The molecule has 1 aliphatic heterocycles. The fourth-order valence-electron chi connectivity index (χ4n) is 6.06. The number of benzene rings is 2. The van der Waals surface area contributed by atoms with Gasteiger partial charge in [0.25, 0.3) is 5.91 Å². The van der Waals surface area contributed by atoms with Crippen LogP contribution in [0.25, 0.3) is 22.2 Å². The minimum Gasteiger partial charge on any atom is -0.494 e. The quantitative estimate of drug-likeness (QED) is 0.244. The third-order valence-corrected chi connectivity index (χ3v) is 8.63. The van der Waals surface area contributed by atoms with E-state index in [1.165, 1.54) is 31.4 Å². The molecule has 1 fully saturated rings. The number of aryl methyl sites for hydroxylation is 1. The van der Waals surface area contributed by atoms with Crippen molar-refractivity contribution in [3.05, 3.63) is 83.7 Å². The molecule has 238 valence electrons. The molecule has 2 aliphatic rings. The number of ether oxygens (including phenoxy) is 2. The Balaban J connectivity index is 1.33. The number of aromatic nitrogens is 6. The van der Waals surface area contributed by atoms with Gasteiger partial charge >= 0.3 is 6.18 Å². The zero-order valence-corrected chi connectivity index (χ0v) is 24.5. The summed E-state index contributed by atoms with van der Waals surface area (Å²) in [6, 6.07) is 9.36. The molecule has 4 heterocycles. The molecule has 1 saturated carbocycles. The summed E-state index contributed by atoms with van der Waals surface area (Å²) in [5, 5.41) is 27.2. The van der Waals surface area contributed by atoms with Gasteiger partial charge in [0.05, 0.1) is 25.5 Å². The van der Waals surface area contributed by atoms with E-state index in [-0.39, 0.29) is 40.4 Å². The van der Waals surface area contributed by atoms with Crippen molar-refractivity contribution < 1.29 is 36.9 Å². The number of rotatable bonds is 8. The van der Waals surface area contributed by atoms with Gasteiger partial charge in [-0.15, -0.1) is 5.10 Å². The van der Waals surface area contributed by atoms with Crippen molar-refractivity contribution in [2.45, 2.75) is 30.2 Å². The molecule has 1 aliphatic carbocycles. The number of hydrogen-bond donors (Lipinski definition) is 2. The number of aliphatic hydroxyl groups is 1. The van der Waals surface area contributed by atoms with E-state index in [9.17, 15) is 14.3 Å². The number of alkyl halides is 3. The van der Waals surface area contributed by atoms with E-state index in [0.717, 1.165) is 24.5 Å². The third-order valence-electron chi connectivity index (χ3n) is 8.63. The summed E-state index contributed by atoms with van der Waals surface area (Å²) in [5.74, 6) is -1.31. The summed E-state index contributed by atoms with van der Waals surface area (Å²) in [6.45, 7) is -1.23. The van der Waals surface area contributed by atoms with E-state index in [4.69, 9.17) is 9.47 Å². The van der Waals surface area contributed by atoms with Crippen LogP contribution in [0.15, 0.2) is 61.1 Å². The molecule has 3 aromatic heterocycles. The van der Waals surface area contributed by atoms with Gasteiger partial charge in [-0.25, -0.2) is 14.1 Å². The topological polar surface area (TPSA) is 129 Å². The summed E-state index contributed by atoms with van der Waals surface area (Å²) in [6.07, 6.45) is 0.130. The molecule has 46 heavy (non-hydrogen) atoms. The first-order chi connectivity index (χ1) is 21.9. The molecule has 7 rings (SSSR count). The van der Waals surface area contributed by atoms with Gasteiger partial charge in [-0.3, -0.25) is 9.48 Å². The number of hydrogen-bond acceptors (Lipinski definition) is 8. The van der Waals surface area contributed by atoms with Gasteiger partial charge in [-0.05, 0) is 61.2 Å². The molecular weight excluding hydrogens is 610 g/mol. The fourth-order valence-corrected chi connectivity index (χ4v) is 6.06. The van der Waals surface area contributed by atoms with Crippen LogP contribution in [0.5, 0.6) is 11.5 Å². The molecule has 2 atom stereocenters. The van der Waals surface area contributed by atoms with Crippen molar-refractivity contribution in [3.63, 3.8) is 0 Å². The van der Waals surface area contributed by atoms with E-state index in [1.54, 1.807) is 24.0 Å². The smallest absolute Gasteiger partial charge is 0.421 e. The minimum atomic E-state index is -4.92. The Labute approximate surface area is 258 Å². The molecule has 5 aromatic rings. The first kappa shape index (κ1) is 29.6. The van der Waals surface area contributed by atoms with E-state index in [0.29, 0.717) is 34.2 Å². The Morgan fingerprint density at radius 3 is 2.61 bits per heavy atom. The fraction of sp³-hybridized carbons (Fsp3) is 0.323. The number of nitrogens with one attached hydrogen (secondary N) is 1. The van der Waals surface area contributed by atoms with E-state index < -0.39 is 41.6 Å². The molecule has 11 nitrogen and oxygen atoms in total. The van der Waals surface area contributed by atoms with E-state index in [2.05, 4.69) is 25.7 Å². The van der Waals surface area contributed by atoms with Crippen molar-refractivity contribution >= 4 is 16.8 Å². The van der Waals surface area contributed by atoms with Crippen LogP contribution in [0.4, 0.5) is 17.6 Å². The SMILES string of the molecule is COc1cc(C(=O)NCC(O)(c2cc3c(c(-c4ccc(F)cc4)n2)OC[C@@]3(n2ccnn2)C(F)(F)F)C2CC2)cc2cn(C)nc12. The van der Waals surface area contributed by atoms with Gasteiger partial charge < -0.3 is 19.9 Å².